The molecule has 0 spiro atoms. The summed E-state index contributed by atoms with van der Waals surface area (Å²) in [5.74, 6) is 0.313. The summed E-state index contributed by atoms with van der Waals surface area (Å²) in [6.07, 6.45) is 0. The third-order valence-electron chi connectivity index (χ3n) is 2.59. The lowest BCUT2D eigenvalue weighted by atomic mass is 10.3. The molecular weight excluding hydrogens is 276 g/mol. The lowest BCUT2D eigenvalue weighted by molar-refractivity contribution is 0.0689. The molecule has 2 rings (SSSR count). The smallest absolute Gasteiger partial charge is 0.354 e. The van der Waals surface area contributed by atoms with Gasteiger partial charge in [0.05, 0.1) is 14.2 Å². The zero-order valence-electron chi connectivity index (χ0n) is 11.8. The molecule has 7 heteroatoms. The first-order valence-electron chi connectivity index (χ1n) is 6.01. The number of carboxylic acid groups (broad SMARTS) is 1. The molecule has 2 aromatic rings. The Labute approximate surface area is 121 Å². The molecule has 0 fully saturated rings. The SMILES string of the molecule is COc1cc(OC)cc(Oc2nc(C)cc(C(=O)O)n2)c1. The molecule has 0 amide bonds. The number of hydrogen-bond donors (Lipinski definition) is 1. The van der Waals surface area contributed by atoms with Gasteiger partial charge in [0.1, 0.15) is 17.2 Å². The molecule has 0 aliphatic rings. The van der Waals surface area contributed by atoms with Crippen molar-refractivity contribution < 1.29 is 24.1 Å². The van der Waals surface area contributed by atoms with Gasteiger partial charge in [-0.05, 0) is 13.0 Å². The van der Waals surface area contributed by atoms with Gasteiger partial charge in [-0.15, -0.1) is 0 Å². The van der Waals surface area contributed by atoms with Crippen LogP contribution in [0.5, 0.6) is 23.3 Å². The van der Waals surface area contributed by atoms with Crippen LogP contribution in [0.25, 0.3) is 0 Å². The maximum Gasteiger partial charge on any atom is 0.354 e. The van der Waals surface area contributed by atoms with Gasteiger partial charge < -0.3 is 19.3 Å². The Hall–Kier alpha value is -2.83. The highest BCUT2D eigenvalue weighted by Gasteiger charge is 2.11. The van der Waals surface area contributed by atoms with E-state index in [2.05, 4.69) is 9.97 Å². The van der Waals surface area contributed by atoms with Crippen molar-refractivity contribution in [2.24, 2.45) is 0 Å². The highest BCUT2D eigenvalue weighted by atomic mass is 16.5. The fourth-order valence-electron chi connectivity index (χ4n) is 1.64. The number of benzene rings is 1. The Morgan fingerprint density at radius 3 is 2.10 bits per heavy atom. The Kier molecular flexibility index (Phi) is 4.22. The molecule has 1 aromatic carbocycles. The van der Waals surface area contributed by atoms with Crippen molar-refractivity contribution in [2.45, 2.75) is 6.92 Å². The fraction of sp³-hybridized carbons (Fsp3) is 0.214. The van der Waals surface area contributed by atoms with E-state index in [0.29, 0.717) is 22.9 Å². The maximum atomic E-state index is 11.0. The van der Waals surface area contributed by atoms with E-state index in [1.807, 2.05) is 0 Å². The van der Waals surface area contributed by atoms with E-state index in [4.69, 9.17) is 19.3 Å². The molecule has 0 bridgehead atoms. The number of nitrogens with zero attached hydrogens (tertiary/aromatic N) is 2. The number of methoxy groups -OCH3 is 2. The van der Waals surface area contributed by atoms with Crippen LogP contribution in [0.15, 0.2) is 24.3 Å². The molecule has 1 aromatic heterocycles. The Bertz CT molecular complexity index is 650. The first-order chi connectivity index (χ1) is 10.0. The fourth-order valence-corrected chi connectivity index (χ4v) is 1.64. The molecule has 0 saturated carbocycles. The summed E-state index contributed by atoms with van der Waals surface area (Å²) in [6, 6.07) is 6.24. The van der Waals surface area contributed by atoms with Gasteiger partial charge in [-0.1, -0.05) is 0 Å². The maximum absolute atomic E-state index is 11.0. The lowest BCUT2D eigenvalue weighted by Crippen LogP contribution is -2.04. The number of hydrogen-bond acceptors (Lipinski definition) is 6. The zero-order valence-corrected chi connectivity index (χ0v) is 11.8. The highest BCUT2D eigenvalue weighted by Crippen LogP contribution is 2.29. The zero-order chi connectivity index (χ0) is 15.4. The van der Waals surface area contributed by atoms with Gasteiger partial charge in [0.25, 0.3) is 0 Å². The second-order valence-corrected chi connectivity index (χ2v) is 4.13. The second kappa shape index (κ2) is 6.08. The number of carbonyl (C=O) groups is 1. The monoisotopic (exact) mass is 290 g/mol. The normalized spacial score (nSPS) is 10.0. The van der Waals surface area contributed by atoms with Gasteiger partial charge in [-0.2, -0.15) is 4.98 Å². The Balaban J connectivity index is 2.35. The van der Waals surface area contributed by atoms with E-state index in [1.165, 1.54) is 20.3 Å². The van der Waals surface area contributed by atoms with Gasteiger partial charge in [0.2, 0.25) is 0 Å². The van der Waals surface area contributed by atoms with Crippen LogP contribution in [0.4, 0.5) is 0 Å². The number of aromatic nitrogens is 2. The second-order valence-electron chi connectivity index (χ2n) is 4.13. The van der Waals surface area contributed by atoms with E-state index in [9.17, 15) is 4.79 Å². The topological polar surface area (TPSA) is 90.8 Å². The van der Waals surface area contributed by atoms with Crippen molar-refractivity contribution in [1.82, 2.24) is 9.97 Å². The van der Waals surface area contributed by atoms with Crippen LogP contribution in [-0.4, -0.2) is 35.3 Å². The van der Waals surface area contributed by atoms with E-state index in [1.54, 1.807) is 25.1 Å². The van der Waals surface area contributed by atoms with Crippen LogP contribution in [0.3, 0.4) is 0 Å². The predicted octanol–water partition coefficient (Wildman–Crippen LogP) is 2.29. The summed E-state index contributed by atoms with van der Waals surface area (Å²) >= 11 is 0. The summed E-state index contributed by atoms with van der Waals surface area (Å²) in [6.45, 7) is 1.66. The molecule has 110 valence electrons. The van der Waals surface area contributed by atoms with Crippen molar-refractivity contribution in [3.8, 4) is 23.3 Å². The van der Waals surface area contributed by atoms with Crippen molar-refractivity contribution in [3.05, 3.63) is 35.7 Å². The molecule has 1 N–H and O–H groups in total. The van der Waals surface area contributed by atoms with Crippen LogP contribution >= 0.6 is 0 Å². The van der Waals surface area contributed by atoms with Crippen molar-refractivity contribution in [3.63, 3.8) is 0 Å². The molecule has 7 nitrogen and oxygen atoms in total. The first-order valence-corrected chi connectivity index (χ1v) is 6.01. The van der Waals surface area contributed by atoms with Crippen molar-refractivity contribution in [1.29, 1.82) is 0 Å². The third-order valence-corrected chi connectivity index (χ3v) is 2.59. The van der Waals surface area contributed by atoms with Crippen LogP contribution < -0.4 is 14.2 Å². The minimum atomic E-state index is -1.14. The van der Waals surface area contributed by atoms with E-state index >= 15 is 0 Å². The highest BCUT2D eigenvalue weighted by molar-refractivity contribution is 5.85. The summed E-state index contributed by atoms with van der Waals surface area (Å²) in [5, 5.41) is 8.98. The standard InChI is InChI=1S/C14H14N2O5/c1-8-4-12(13(17)18)16-14(15-8)21-11-6-9(19-2)5-10(7-11)20-3/h4-7H,1-3H3,(H,17,18). The summed E-state index contributed by atoms with van der Waals surface area (Å²) in [5.41, 5.74) is 0.361. The van der Waals surface area contributed by atoms with E-state index in [0.717, 1.165) is 0 Å². The summed E-state index contributed by atoms with van der Waals surface area (Å²) in [7, 11) is 3.04. The summed E-state index contributed by atoms with van der Waals surface area (Å²) in [4.78, 5) is 18.8. The minimum Gasteiger partial charge on any atom is -0.496 e. The van der Waals surface area contributed by atoms with Gasteiger partial charge in [-0.3, -0.25) is 0 Å². The molecule has 0 atom stereocenters. The van der Waals surface area contributed by atoms with Crippen LogP contribution in [-0.2, 0) is 0 Å². The van der Waals surface area contributed by atoms with Gasteiger partial charge in [0.15, 0.2) is 5.69 Å². The predicted molar refractivity (Wildman–Crippen MR) is 73.3 cm³/mol. The van der Waals surface area contributed by atoms with Gasteiger partial charge >= 0.3 is 12.0 Å². The van der Waals surface area contributed by atoms with Crippen molar-refractivity contribution >= 4 is 5.97 Å². The quantitative estimate of drug-likeness (QED) is 0.903. The molecular formula is C14H14N2O5. The lowest BCUT2D eigenvalue weighted by Gasteiger charge is -2.09. The Morgan fingerprint density at radius 2 is 1.57 bits per heavy atom. The summed E-state index contributed by atoms with van der Waals surface area (Å²) < 4.78 is 15.7. The largest absolute Gasteiger partial charge is 0.496 e. The molecule has 0 radical (unpaired) electrons. The van der Waals surface area contributed by atoms with Crippen LogP contribution in [0.1, 0.15) is 16.2 Å². The van der Waals surface area contributed by atoms with Crippen molar-refractivity contribution in [2.75, 3.05) is 14.2 Å². The molecule has 0 unspecified atom stereocenters. The average molecular weight is 290 g/mol. The molecule has 0 saturated heterocycles. The molecule has 21 heavy (non-hydrogen) atoms. The third kappa shape index (κ3) is 3.59. The number of ether oxygens (including phenoxy) is 3. The first kappa shape index (κ1) is 14.6. The number of aromatic carboxylic acids is 1. The van der Waals surface area contributed by atoms with E-state index in [-0.39, 0.29) is 11.7 Å². The van der Waals surface area contributed by atoms with Crippen LogP contribution in [0.2, 0.25) is 0 Å². The van der Waals surface area contributed by atoms with Gasteiger partial charge in [0, 0.05) is 23.9 Å². The Morgan fingerprint density at radius 1 is 1.00 bits per heavy atom. The number of carboxylic acids is 1. The minimum absolute atomic E-state index is 0.0530. The van der Waals surface area contributed by atoms with Crippen LogP contribution in [0, 0.1) is 6.92 Å². The molecule has 0 aliphatic carbocycles. The number of rotatable bonds is 5. The average Bonchev–Trinajstić information content (AvgIpc) is 2.46. The number of aryl methyl sites for hydroxylation is 1. The van der Waals surface area contributed by atoms with E-state index < -0.39 is 5.97 Å². The molecule has 0 aliphatic heterocycles. The molecule has 1 heterocycles. The van der Waals surface area contributed by atoms with Gasteiger partial charge in [-0.25, -0.2) is 9.78 Å².